The number of hydrogen-bond acceptors (Lipinski definition) is 3. The summed E-state index contributed by atoms with van der Waals surface area (Å²) in [7, 11) is 0. The van der Waals surface area contributed by atoms with E-state index in [1.165, 1.54) is 19.3 Å². The fraction of sp³-hybridized carbons (Fsp3) is 0.526. The lowest BCUT2D eigenvalue weighted by molar-refractivity contribution is -0.122. The molecule has 4 bridgehead atoms. The molecule has 1 aromatic rings. The summed E-state index contributed by atoms with van der Waals surface area (Å²) in [6, 6.07) is 5.01. The number of nitrogens with two attached hydrogens (primary N) is 1. The van der Waals surface area contributed by atoms with E-state index in [0.717, 1.165) is 42.6 Å². The molecule has 4 N–H and O–H groups in total. The summed E-state index contributed by atoms with van der Waals surface area (Å²) in [5.41, 5.74) is 6.75. The van der Waals surface area contributed by atoms with Crippen LogP contribution in [0, 0.1) is 17.8 Å². The highest BCUT2D eigenvalue weighted by Gasteiger charge is 2.51. The van der Waals surface area contributed by atoms with E-state index in [-0.39, 0.29) is 17.2 Å². The molecule has 122 valence electrons. The van der Waals surface area contributed by atoms with E-state index in [0.29, 0.717) is 5.69 Å². The summed E-state index contributed by atoms with van der Waals surface area (Å²) >= 11 is 0. The third-order valence-corrected chi connectivity index (χ3v) is 5.91. The molecule has 0 heterocycles. The van der Waals surface area contributed by atoms with Crippen molar-refractivity contribution >= 4 is 17.7 Å². The number of hydrogen-bond donors (Lipinski definition) is 3. The lowest BCUT2D eigenvalue weighted by atomic mass is 9.53. The molecule has 4 fully saturated rings. The van der Waals surface area contributed by atoms with Crippen LogP contribution in [0.4, 0.5) is 5.69 Å². The van der Waals surface area contributed by atoms with Gasteiger partial charge in [0, 0.05) is 11.6 Å². The summed E-state index contributed by atoms with van der Waals surface area (Å²) in [5, 5.41) is 12.9. The summed E-state index contributed by atoms with van der Waals surface area (Å²) in [4.78, 5) is 12.4. The van der Waals surface area contributed by atoms with Gasteiger partial charge in [0.2, 0.25) is 5.91 Å². The number of nitrogens with one attached hydrogen (secondary N) is 1. The number of carbonyl (C=O) groups excluding carboxylic acids is 1. The minimum Gasteiger partial charge on any atom is -0.506 e. The zero-order valence-corrected chi connectivity index (χ0v) is 13.3. The Kier molecular flexibility index (Phi) is 3.36. The van der Waals surface area contributed by atoms with Crippen LogP contribution in [0.5, 0.6) is 5.75 Å². The van der Waals surface area contributed by atoms with Crippen LogP contribution >= 0.6 is 0 Å². The molecule has 0 radical (unpaired) electrons. The Morgan fingerprint density at radius 3 is 2.35 bits per heavy atom. The number of phenols is 1. The Hall–Kier alpha value is -1.97. The first-order chi connectivity index (χ1) is 11.0. The van der Waals surface area contributed by atoms with E-state index in [9.17, 15) is 9.90 Å². The number of phenolic OH excluding ortho intramolecular Hbond substituents is 1. The van der Waals surface area contributed by atoms with Crippen LogP contribution < -0.4 is 11.1 Å². The SMILES string of the molecule is Nc1ccc(/C=C/C(=O)NC23CC4CC(CC(C4)C2)C3)cc1O. The topological polar surface area (TPSA) is 75.4 Å². The maximum atomic E-state index is 12.4. The standard InChI is InChI=1S/C19H24N2O2/c20-16-3-1-12(8-17(16)22)2-4-18(23)21-19-9-13-5-14(10-19)7-15(6-13)11-19/h1-4,8,13-15,22H,5-7,9-11,20H2,(H,21,23)/b4-2+. The highest BCUT2D eigenvalue weighted by molar-refractivity contribution is 5.92. The zero-order valence-electron chi connectivity index (χ0n) is 13.3. The average Bonchev–Trinajstić information content (AvgIpc) is 2.46. The highest BCUT2D eigenvalue weighted by Crippen LogP contribution is 2.55. The van der Waals surface area contributed by atoms with Gasteiger partial charge in [-0.1, -0.05) is 6.07 Å². The predicted octanol–water partition coefficient (Wildman–Crippen LogP) is 3.07. The third kappa shape index (κ3) is 2.82. The summed E-state index contributed by atoms with van der Waals surface area (Å²) in [6.45, 7) is 0. The van der Waals surface area contributed by atoms with E-state index in [4.69, 9.17) is 5.73 Å². The van der Waals surface area contributed by atoms with Crippen LogP contribution in [-0.2, 0) is 4.79 Å². The van der Waals surface area contributed by atoms with Crippen molar-refractivity contribution < 1.29 is 9.90 Å². The molecular weight excluding hydrogens is 288 g/mol. The molecule has 0 aliphatic heterocycles. The van der Waals surface area contributed by atoms with Gasteiger partial charge in [-0.15, -0.1) is 0 Å². The third-order valence-electron chi connectivity index (χ3n) is 5.91. The van der Waals surface area contributed by atoms with Gasteiger partial charge in [0.1, 0.15) is 5.75 Å². The van der Waals surface area contributed by atoms with Crippen LogP contribution in [0.3, 0.4) is 0 Å². The van der Waals surface area contributed by atoms with Crippen molar-refractivity contribution in [3.63, 3.8) is 0 Å². The number of aromatic hydroxyl groups is 1. The van der Waals surface area contributed by atoms with E-state index in [2.05, 4.69) is 5.32 Å². The van der Waals surface area contributed by atoms with Gasteiger partial charge in [0.25, 0.3) is 0 Å². The smallest absolute Gasteiger partial charge is 0.244 e. The second-order valence-corrected chi connectivity index (χ2v) is 7.84. The van der Waals surface area contributed by atoms with Gasteiger partial charge >= 0.3 is 0 Å². The van der Waals surface area contributed by atoms with Gasteiger partial charge in [0.05, 0.1) is 5.69 Å². The Morgan fingerprint density at radius 2 is 1.78 bits per heavy atom. The second-order valence-electron chi connectivity index (χ2n) is 7.84. The van der Waals surface area contributed by atoms with E-state index < -0.39 is 0 Å². The Morgan fingerprint density at radius 1 is 1.17 bits per heavy atom. The number of carbonyl (C=O) groups is 1. The molecule has 0 unspecified atom stereocenters. The van der Waals surface area contributed by atoms with Gasteiger partial charge < -0.3 is 16.2 Å². The molecule has 4 aliphatic rings. The van der Waals surface area contributed by atoms with Crippen molar-refractivity contribution in [3.8, 4) is 5.75 Å². The molecule has 23 heavy (non-hydrogen) atoms. The minimum atomic E-state index is -0.0248. The van der Waals surface area contributed by atoms with Crippen LogP contribution in [0.25, 0.3) is 6.08 Å². The first kappa shape index (κ1) is 14.6. The normalized spacial score (nSPS) is 34.9. The fourth-order valence-corrected chi connectivity index (χ4v) is 5.40. The molecule has 0 spiro atoms. The molecule has 5 rings (SSSR count). The first-order valence-corrected chi connectivity index (χ1v) is 8.60. The second kappa shape index (κ2) is 5.29. The molecule has 0 aromatic heterocycles. The van der Waals surface area contributed by atoms with E-state index in [1.807, 2.05) is 0 Å². The molecule has 4 saturated carbocycles. The molecule has 1 aromatic carbocycles. The van der Waals surface area contributed by atoms with E-state index in [1.54, 1.807) is 30.4 Å². The first-order valence-electron chi connectivity index (χ1n) is 8.60. The zero-order chi connectivity index (χ0) is 16.0. The summed E-state index contributed by atoms with van der Waals surface area (Å²) < 4.78 is 0. The lowest BCUT2D eigenvalue weighted by Gasteiger charge is -2.56. The van der Waals surface area contributed by atoms with Crippen molar-refractivity contribution in [1.82, 2.24) is 5.32 Å². The lowest BCUT2D eigenvalue weighted by Crippen LogP contribution is -2.59. The Labute approximate surface area is 136 Å². The minimum absolute atomic E-state index is 0.0248. The monoisotopic (exact) mass is 312 g/mol. The predicted molar refractivity (Wildman–Crippen MR) is 90.6 cm³/mol. The van der Waals surface area contributed by atoms with Crippen LogP contribution in [0.15, 0.2) is 24.3 Å². The van der Waals surface area contributed by atoms with Crippen LogP contribution in [0.2, 0.25) is 0 Å². The van der Waals surface area contributed by atoms with Gasteiger partial charge in [-0.3, -0.25) is 4.79 Å². The largest absolute Gasteiger partial charge is 0.506 e. The number of nitrogen functional groups attached to an aromatic ring is 1. The molecule has 4 nitrogen and oxygen atoms in total. The fourth-order valence-electron chi connectivity index (χ4n) is 5.40. The number of anilines is 1. The van der Waals surface area contributed by atoms with Gasteiger partial charge in [-0.2, -0.15) is 0 Å². The van der Waals surface area contributed by atoms with Crippen molar-refractivity contribution in [3.05, 3.63) is 29.8 Å². The van der Waals surface area contributed by atoms with Crippen LogP contribution in [-0.4, -0.2) is 16.6 Å². The van der Waals surface area contributed by atoms with Gasteiger partial charge in [-0.25, -0.2) is 0 Å². The Bertz CT molecular complexity index is 630. The number of rotatable bonds is 3. The highest BCUT2D eigenvalue weighted by atomic mass is 16.3. The molecule has 4 heteroatoms. The molecular formula is C19H24N2O2. The maximum Gasteiger partial charge on any atom is 0.244 e. The molecule has 0 atom stereocenters. The molecule has 1 amide bonds. The van der Waals surface area contributed by atoms with Crippen molar-refractivity contribution in [2.75, 3.05) is 5.73 Å². The average molecular weight is 312 g/mol. The van der Waals surface area contributed by atoms with Gasteiger partial charge in [0.15, 0.2) is 0 Å². The molecule has 0 saturated heterocycles. The van der Waals surface area contributed by atoms with Crippen molar-refractivity contribution in [2.45, 2.75) is 44.1 Å². The van der Waals surface area contributed by atoms with Crippen molar-refractivity contribution in [2.24, 2.45) is 17.8 Å². The molecule has 4 aliphatic carbocycles. The number of amides is 1. The van der Waals surface area contributed by atoms with Gasteiger partial charge in [-0.05, 0) is 80.1 Å². The quantitative estimate of drug-likeness (QED) is 0.456. The Balaban J connectivity index is 1.44. The van der Waals surface area contributed by atoms with Crippen molar-refractivity contribution in [1.29, 1.82) is 0 Å². The van der Waals surface area contributed by atoms with E-state index >= 15 is 0 Å². The summed E-state index contributed by atoms with van der Waals surface area (Å²) in [6.07, 6.45) is 10.9. The number of benzene rings is 1. The maximum absolute atomic E-state index is 12.4. The van der Waals surface area contributed by atoms with Crippen LogP contribution in [0.1, 0.15) is 44.1 Å². The summed E-state index contributed by atoms with van der Waals surface area (Å²) in [5.74, 6) is 2.48.